The van der Waals surface area contributed by atoms with Crippen LogP contribution in [0.2, 0.25) is 5.02 Å². The molecule has 1 fully saturated rings. The molecule has 0 bridgehead atoms. The molecule has 1 aromatic carbocycles. The van der Waals surface area contributed by atoms with E-state index in [-0.39, 0.29) is 0 Å². The minimum Gasteiger partial charge on any atom is -0.373 e. The van der Waals surface area contributed by atoms with Gasteiger partial charge in [0.15, 0.2) is 0 Å². The summed E-state index contributed by atoms with van der Waals surface area (Å²) in [4.78, 5) is 0.665. The number of benzene rings is 1. The summed E-state index contributed by atoms with van der Waals surface area (Å²) in [6.45, 7) is 0.696. The average molecular weight is 276 g/mol. The lowest BCUT2D eigenvalue weighted by Gasteiger charge is -2.31. The lowest BCUT2D eigenvalue weighted by Crippen LogP contribution is -2.31. The highest BCUT2D eigenvalue weighted by Gasteiger charge is 2.27. The van der Waals surface area contributed by atoms with Gasteiger partial charge in [-0.3, -0.25) is 0 Å². The van der Waals surface area contributed by atoms with E-state index >= 15 is 0 Å². The van der Waals surface area contributed by atoms with Gasteiger partial charge in [-0.2, -0.15) is 0 Å². The fraction of sp³-hybridized carbons (Fsp3) is 0.455. The third kappa shape index (κ3) is 2.72. The van der Waals surface area contributed by atoms with Crippen LogP contribution in [0, 0.1) is 0 Å². The van der Waals surface area contributed by atoms with Crippen molar-refractivity contribution in [2.24, 2.45) is 0 Å². The smallest absolute Gasteiger partial charge is 0.0720 e. The summed E-state index contributed by atoms with van der Waals surface area (Å²) in [6.07, 6.45) is 2.70. The van der Waals surface area contributed by atoms with E-state index in [4.69, 9.17) is 16.3 Å². The van der Waals surface area contributed by atoms with Crippen molar-refractivity contribution in [1.82, 2.24) is 0 Å². The third-order valence-electron chi connectivity index (χ3n) is 2.44. The molecular formula is C11H12BrClO. The van der Waals surface area contributed by atoms with Gasteiger partial charge in [-0.05, 0) is 30.5 Å². The molecule has 0 radical (unpaired) electrons. The first-order valence-electron chi connectivity index (χ1n) is 4.74. The van der Waals surface area contributed by atoms with E-state index in [1.807, 2.05) is 24.3 Å². The maximum Gasteiger partial charge on any atom is 0.0720 e. The Bertz CT molecular complexity index is 293. The van der Waals surface area contributed by atoms with Crippen LogP contribution in [0.15, 0.2) is 24.3 Å². The Labute approximate surface area is 97.5 Å². The average Bonchev–Trinajstić information content (AvgIpc) is 2.13. The van der Waals surface area contributed by atoms with Gasteiger partial charge >= 0.3 is 0 Å². The first-order chi connectivity index (χ1) is 6.74. The molecule has 0 spiro atoms. The molecule has 2 rings (SSSR count). The molecule has 1 aliphatic rings. The number of halogens is 2. The predicted molar refractivity (Wildman–Crippen MR) is 62.0 cm³/mol. The largest absolute Gasteiger partial charge is 0.373 e. The Balaban J connectivity index is 1.78. The molecule has 0 aromatic heterocycles. The number of hydrogen-bond acceptors (Lipinski definition) is 1. The number of rotatable bonds is 3. The van der Waals surface area contributed by atoms with Gasteiger partial charge in [-0.15, -0.1) is 0 Å². The Kier molecular flexibility index (Phi) is 3.47. The molecule has 0 atom stereocenters. The van der Waals surface area contributed by atoms with Crippen molar-refractivity contribution >= 4 is 27.5 Å². The zero-order valence-electron chi connectivity index (χ0n) is 7.75. The molecular weight excluding hydrogens is 263 g/mol. The number of hydrogen-bond donors (Lipinski definition) is 0. The molecule has 1 aromatic rings. The van der Waals surface area contributed by atoms with Crippen LogP contribution in [0.5, 0.6) is 0 Å². The molecule has 0 N–H and O–H groups in total. The number of ether oxygens (including phenoxy) is 1. The van der Waals surface area contributed by atoms with Gasteiger partial charge in [0.05, 0.1) is 12.7 Å². The fourth-order valence-electron chi connectivity index (χ4n) is 1.43. The van der Waals surface area contributed by atoms with Gasteiger partial charge in [0.2, 0.25) is 0 Å². The summed E-state index contributed by atoms with van der Waals surface area (Å²) in [5.74, 6) is 0. The van der Waals surface area contributed by atoms with E-state index in [1.165, 1.54) is 5.56 Å². The summed E-state index contributed by atoms with van der Waals surface area (Å²) in [5.41, 5.74) is 1.19. The van der Waals surface area contributed by atoms with Crippen LogP contribution in [0.1, 0.15) is 18.4 Å². The molecule has 1 nitrogen and oxygen atoms in total. The molecule has 14 heavy (non-hydrogen) atoms. The second kappa shape index (κ2) is 4.65. The molecule has 3 heteroatoms. The Morgan fingerprint density at radius 3 is 2.50 bits per heavy atom. The van der Waals surface area contributed by atoms with Crippen molar-refractivity contribution in [2.45, 2.75) is 30.4 Å². The monoisotopic (exact) mass is 274 g/mol. The lowest BCUT2D eigenvalue weighted by molar-refractivity contribution is -0.00391. The molecule has 0 unspecified atom stereocenters. The standard InChI is InChI=1S/C11H12BrClO/c12-9-5-11(6-9)14-7-8-1-3-10(13)4-2-8/h1-4,9,11H,5-7H2. The van der Waals surface area contributed by atoms with E-state index in [2.05, 4.69) is 15.9 Å². The van der Waals surface area contributed by atoms with Gasteiger partial charge in [-0.1, -0.05) is 39.7 Å². The van der Waals surface area contributed by atoms with Crippen molar-refractivity contribution in [3.8, 4) is 0 Å². The van der Waals surface area contributed by atoms with E-state index in [0.717, 1.165) is 17.9 Å². The Morgan fingerprint density at radius 2 is 1.93 bits per heavy atom. The maximum atomic E-state index is 5.78. The van der Waals surface area contributed by atoms with E-state index in [1.54, 1.807) is 0 Å². The van der Waals surface area contributed by atoms with Crippen molar-refractivity contribution in [1.29, 1.82) is 0 Å². The van der Waals surface area contributed by atoms with Gasteiger partial charge in [0, 0.05) is 9.85 Å². The second-order valence-electron chi connectivity index (χ2n) is 3.63. The Hall–Kier alpha value is -0.0500. The topological polar surface area (TPSA) is 9.23 Å². The van der Waals surface area contributed by atoms with E-state index in [0.29, 0.717) is 17.5 Å². The molecule has 0 amide bonds. The summed E-state index contributed by atoms with van der Waals surface area (Å²) < 4.78 is 5.70. The highest BCUT2D eigenvalue weighted by atomic mass is 79.9. The second-order valence-corrected chi connectivity index (χ2v) is 5.36. The van der Waals surface area contributed by atoms with Crippen molar-refractivity contribution in [3.63, 3.8) is 0 Å². The lowest BCUT2D eigenvalue weighted by atomic mass is 9.96. The van der Waals surface area contributed by atoms with Crippen molar-refractivity contribution in [3.05, 3.63) is 34.9 Å². The maximum absolute atomic E-state index is 5.78. The van der Waals surface area contributed by atoms with Crippen LogP contribution in [0.4, 0.5) is 0 Å². The summed E-state index contributed by atoms with van der Waals surface area (Å²) in [7, 11) is 0. The van der Waals surface area contributed by atoms with Crippen LogP contribution in [0.3, 0.4) is 0 Å². The van der Waals surface area contributed by atoms with E-state index < -0.39 is 0 Å². The van der Waals surface area contributed by atoms with Crippen molar-refractivity contribution < 1.29 is 4.74 Å². The summed E-state index contributed by atoms with van der Waals surface area (Å²) >= 11 is 9.32. The van der Waals surface area contributed by atoms with Crippen molar-refractivity contribution in [2.75, 3.05) is 0 Å². The minimum atomic E-state index is 0.440. The van der Waals surface area contributed by atoms with Crippen LogP contribution < -0.4 is 0 Å². The Morgan fingerprint density at radius 1 is 1.29 bits per heavy atom. The summed E-state index contributed by atoms with van der Waals surface area (Å²) in [6, 6.07) is 7.81. The van der Waals surface area contributed by atoms with Crippen LogP contribution in [-0.2, 0) is 11.3 Å². The predicted octanol–water partition coefficient (Wildman–Crippen LogP) is 3.78. The fourth-order valence-corrected chi connectivity index (χ4v) is 2.39. The number of alkyl halides is 1. The van der Waals surface area contributed by atoms with Crippen LogP contribution in [-0.4, -0.2) is 10.9 Å². The molecule has 0 aliphatic heterocycles. The van der Waals surface area contributed by atoms with Gasteiger partial charge in [-0.25, -0.2) is 0 Å². The summed E-state index contributed by atoms with van der Waals surface area (Å²) in [5, 5.41) is 0.776. The van der Waals surface area contributed by atoms with Gasteiger partial charge in [0.25, 0.3) is 0 Å². The van der Waals surface area contributed by atoms with Gasteiger partial charge < -0.3 is 4.74 Å². The normalized spacial score (nSPS) is 25.9. The third-order valence-corrected chi connectivity index (χ3v) is 3.44. The molecule has 0 saturated heterocycles. The zero-order valence-corrected chi connectivity index (χ0v) is 10.1. The van der Waals surface area contributed by atoms with Gasteiger partial charge in [0.1, 0.15) is 0 Å². The highest BCUT2D eigenvalue weighted by Crippen LogP contribution is 2.30. The highest BCUT2D eigenvalue weighted by molar-refractivity contribution is 9.09. The molecule has 0 heterocycles. The van der Waals surface area contributed by atoms with Crippen LogP contribution >= 0.6 is 27.5 Å². The van der Waals surface area contributed by atoms with Crippen LogP contribution in [0.25, 0.3) is 0 Å². The first-order valence-corrected chi connectivity index (χ1v) is 6.03. The molecule has 1 aliphatic carbocycles. The first kappa shape index (κ1) is 10.5. The quantitative estimate of drug-likeness (QED) is 0.763. The van der Waals surface area contributed by atoms with E-state index in [9.17, 15) is 0 Å². The molecule has 76 valence electrons. The molecule has 1 saturated carbocycles. The minimum absolute atomic E-state index is 0.440. The SMILES string of the molecule is Clc1ccc(COC2CC(Br)C2)cc1. The zero-order chi connectivity index (χ0) is 9.97.